The third-order valence-corrected chi connectivity index (χ3v) is 4.84. The summed E-state index contributed by atoms with van der Waals surface area (Å²) >= 11 is 0. The first-order chi connectivity index (χ1) is 9.84. The van der Waals surface area contributed by atoms with Crippen molar-refractivity contribution >= 4 is 27.4 Å². The number of para-hydroxylation sites is 1. The molecule has 0 bridgehead atoms. The van der Waals surface area contributed by atoms with E-state index < -0.39 is 16.0 Å². The highest BCUT2D eigenvalue weighted by Gasteiger charge is 2.25. The summed E-state index contributed by atoms with van der Waals surface area (Å²) in [4.78, 5) is 13.6. The van der Waals surface area contributed by atoms with Crippen LogP contribution >= 0.6 is 0 Å². The molecule has 0 amide bonds. The zero-order chi connectivity index (χ0) is 15.6. The highest BCUT2D eigenvalue weighted by Crippen LogP contribution is 2.28. The molecule has 1 heterocycles. The number of rotatable bonds is 3. The summed E-state index contributed by atoms with van der Waals surface area (Å²) < 4.78 is 29.1. The van der Waals surface area contributed by atoms with Gasteiger partial charge in [-0.25, -0.2) is 13.2 Å². The number of carbonyl (C=O) groups is 1. The van der Waals surface area contributed by atoms with Crippen LogP contribution in [0.15, 0.2) is 18.2 Å². The van der Waals surface area contributed by atoms with E-state index >= 15 is 0 Å². The monoisotopic (exact) mass is 313 g/mol. The van der Waals surface area contributed by atoms with Crippen LogP contribution in [0.4, 0.5) is 11.4 Å². The normalized spacial score (nSPS) is 16.8. The number of esters is 1. The fraction of sp³-hybridized carbons (Fsp3) is 0.462. The lowest BCUT2D eigenvalue weighted by atomic mass is 10.1. The minimum atomic E-state index is -3.17. The second-order valence-electron chi connectivity index (χ2n) is 4.88. The van der Waals surface area contributed by atoms with Crippen LogP contribution in [-0.2, 0) is 14.8 Å². The van der Waals surface area contributed by atoms with Crippen molar-refractivity contribution in [3.63, 3.8) is 0 Å². The molecule has 0 saturated carbocycles. The van der Waals surface area contributed by atoms with Crippen molar-refractivity contribution < 1.29 is 17.9 Å². The van der Waals surface area contributed by atoms with Crippen LogP contribution < -0.4 is 10.6 Å². The minimum absolute atomic E-state index is 0.320. The number of nitrogens with zero attached hydrogens (tertiary/aromatic N) is 2. The largest absolute Gasteiger partial charge is 0.465 e. The van der Waals surface area contributed by atoms with Gasteiger partial charge in [-0.1, -0.05) is 6.07 Å². The van der Waals surface area contributed by atoms with Crippen LogP contribution in [0.25, 0.3) is 0 Å². The maximum atomic E-state index is 11.6. The number of nitrogens with two attached hydrogens (primary N) is 1. The van der Waals surface area contributed by atoms with E-state index in [1.165, 1.54) is 17.7 Å². The van der Waals surface area contributed by atoms with E-state index in [4.69, 9.17) is 10.5 Å². The maximum Gasteiger partial charge on any atom is 0.340 e. The Morgan fingerprint density at radius 3 is 2.38 bits per heavy atom. The fourth-order valence-electron chi connectivity index (χ4n) is 2.38. The SMILES string of the molecule is COC(=O)c1cccc(N2CCN(S(C)(=O)=O)CC2)c1N. The number of piperazine rings is 1. The average molecular weight is 313 g/mol. The van der Waals surface area contributed by atoms with Gasteiger partial charge >= 0.3 is 5.97 Å². The molecule has 0 aliphatic carbocycles. The van der Waals surface area contributed by atoms with Crippen molar-refractivity contribution in [2.75, 3.05) is 50.2 Å². The second kappa shape index (κ2) is 5.90. The zero-order valence-corrected chi connectivity index (χ0v) is 12.9. The first kappa shape index (κ1) is 15.6. The Morgan fingerprint density at radius 2 is 1.86 bits per heavy atom. The summed E-state index contributed by atoms with van der Waals surface area (Å²) in [6.45, 7) is 1.87. The van der Waals surface area contributed by atoms with Gasteiger partial charge in [-0.15, -0.1) is 0 Å². The number of carbonyl (C=O) groups excluding carboxylic acids is 1. The highest BCUT2D eigenvalue weighted by atomic mass is 32.2. The molecule has 1 fully saturated rings. The summed E-state index contributed by atoms with van der Waals surface area (Å²) in [5, 5.41) is 0. The highest BCUT2D eigenvalue weighted by molar-refractivity contribution is 7.88. The number of hydrogen-bond donors (Lipinski definition) is 1. The summed E-state index contributed by atoms with van der Waals surface area (Å²) in [6.07, 6.45) is 1.20. The van der Waals surface area contributed by atoms with Crippen molar-refractivity contribution in [1.82, 2.24) is 4.31 Å². The molecule has 1 aliphatic heterocycles. The van der Waals surface area contributed by atoms with Crippen molar-refractivity contribution in [2.45, 2.75) is 0 Å². The van der Waals surface area contributed by atoms with Crippen LogP contribution in [0, 0.1) is 0 Å². The molecule has 7 nitrogen and oxygen atoms in total. The van der Waals surface area contributed by atoms with E-state index in [0.29, 0.717) is 37.4 Å². The van der Waals surface area contributed by atoms with Gasteiger partial charge in [0.1, 0.15) is 0 Å². The Kier molecular flexibility index (Phi) is 4.38. The third-order valence-electron chi connectivity index (χ3n) is 3.54. The number of benzene rings is 1. The molecular weight excluding hydrogens is 294 g/mol. The van der Waals surface area contributed by atoms with Crippen LogP contribution in [0.3, 0.4) is 0 Å². The fourth-order valence-corrected chi connectivity index (χ4v) is 3.20. The molecule has 0 unspecified atom stereocenters. The lowest BCUT2D eigenvalue weighted by molar-refractivity contribution is 0.0602. The predicted molar refractivity (Wildman–Crippen MR) is 80.8 cm³/mol. The van der Waals surface area contributed by atoms with Crippen molar-refractivity contribution in [2.24, 2.45) is 0 Å². The molecule has 0 spiro atoms. The molecule has 2 rings (SSSR count). The first-order valence-electron chi connectivity index (χ1n) is 6.51. The van der Waals surface area contributed by atoms with E-state index in [1.807, 2.05) is 11.0 Å². The maximum absolute atomic E-state index is 11.6. The Hall–Kier alpha value is -1.80. The zero-order valence-electron chi connectivity index (χ0n) is 12.1. The van der Waals surface area contributed by atoms with Crippen molar-refractivity contribution in [3.05, 3.63) is 23.8 Å². The smallest absolute Gasteiger partial charge is 0.340 e. The number of ether oxygens (including phenoxy) is 1. The number of sulfonamides is 1. The van der Waals surface area contributed by atoms with Gasteiger partial charge in [0.05, 0.1) is 30.3 Å². The number of hydrogen-bond acceptors (Lipinski definition) is 6. The molecule has 1 aliphatic rings. The number of methoxy groups -OCH3 is 1. The quantitative estimate of drug-likeness (QED) is 0.630. The standard InChI is InChI=1S/C13H19N3O4S/c1-20-13(17)10-4-3-5-11(12(10)14)15-6-8-16(9-7-15)21(2,18)19/h3-5H,6-9,14H2,1-2H3. The predicted octanol–water partition coefficient (Wildman–Crippen LogP) is 0.137. The molecular formula is C13H19N3O4S. The Bertz CT molecular complexity index is 637. The van der Waals surface area contributed by atoms with Gasteiger partial charge in [0, 0.05) is 26.2 Å². The Morgan fingerprint density at radius 1 is 1.24 bits per heavy atom. The topological polar surface area (TPSA) is 92.9 Å². The van der Waals surface area contributed by atoms with E-state index in [9.17, 15) is 13.2 Å². The van der Waals surface area contributed by atoms with Crippen molar-refractivity contribution in [3.8, 4) is 0 Å². The molecule has 0 atom stereocenters. The van der Waals surface area contributed by atoms with E-state index in [2.05, 4.69) is 0 Å². The van der Waals surface area contributed by atoms with Crippen LogP contribution in [-0.4, -0.2) is 58.2 Å². The second-order valence-corrected chi connectivity index (χ2v) is 6.86. The van der Waals surface area contributed by atoms with Crippen molar-refractivity contribution in [1.29, 1.82) is 0 Å². The average Bonchev–Trinajstić information content (AvgIpc) is 2.46. The van der Waals surface area contributed by atoms with Gasteiger partial charge in [0.2, 0.25) is 10.0 Å². The molecule has 21 heavy (non-hydrogen) atoms. The first-order valence-corrected chi connectivity index (χ1v) is 8.36. The molecule has 1 aromatic carbocycles. The molecule has 0 aromatic heterocycles. The summed E-state index contributed by atoms with van der Waals surface area (Å²) in [6, 6.07) is 5.16. The van der Waals surface area contributed by atoms with Crippen LogP contribution in [0.5, 0.6) is 0 Å². The van der Waals surface area contributed by atoms with Gasteiger partial charge in [0.15, 0.2) is 0 Å². The van der Waals surface area contributed by atoms with Gasteiger partial charge in [-0.05, 0) is 12.1 Å². The molecule has 1 aromatic rings. The molecule has 2 N–H and O–H groups in total. The van der Waals surface area contributed by atoms with Gasteiger partial charge < -0.3 is 15.4 Å². The summed E-state index contributed by atoms with van der Waals surface area (Å²) in [5.41, 5.74) is 7.44. The van der Waals surface area contributed by atoms with Crippen LogP contribution in [0.1, 0.15) is 10.4 Å². The van der Waals surface area contributed by atoms with E-state index in [1.54, 1.807) is 12.1 Å². The van der Waals surface area contributed by atoms with E-state index in [-0.39, 0.29) is 0 Å². The third kappa shape index (κ3) is 3.27. The Labute approximate surface area is 124 Å². The number of nitrogen functional groups attached to an aromatic ring is 1. The molecule has 1 saturated heterocycles. The molecule has 116 valence electrons. The molecule has 8 heteroatoms. The van der Waals surface area contributed by atoms with E-state index in [0.717, 1.165) is 5.69 Å². The lowest BCUT2D eigenvalue weighted by Crippen LogP contribution is -2.48. The van der Waals surface area contributed by atoms with Gasteiger partial charge in [-0.2, -0.15) is 4.31 Å². The van der Waals surface area contributed by atoms with Gasteiger partial charge in [-0.3, -0.25) is 0 Å². The van der Waals surface area contributed by atoms with Crippen LogP contribution in [0.2, 0.25) is 0 Å². The lowest BCUT2D eigenvalue weighted by Gasteiger charge is -2.35. The molecule has 0 radical (unpaired) electrons. The Balaban J connectivity index is 2.20. The minimum Gasteiger partial charge on any atom is -0.465 e. The van der Waals surface area contributed by atoms with Gasteiger partial charge in [0.25, 0.3) is 0 Å². The summed E-state index contributed by atoms with van der Waals surface area (Å²) in [5.74, 6) is -0.482. The summed E-state index contributed by atoms with van der Waals surface area (Å²) in [7, 11) is -1.86. The number of anilines is 2.